The first-order valence-corrected chi connectivity index (χ1v) is 7.79. The fraction of sp³-hybridized carbons (Fsp3) is 0.300. The highest BCUT2D eigenvalue weighted by Crippen LogP contribution is 2.71. The van der Waals surface area contributed by atoms with Gasteiger partial charge in [0, 0.05) is 11.8 Å². The van der Waals surface area contributed by atoms with Crippen LogP contribution >= 0.6 is 0 Å². The van der Waals surface area contributed by atoms with E-state index in [0.29, 0.717) is 0 Å². The summed E-state index contributed by atoms with van der Waals surface area (Å²) in [7, 11) is 0. The van der Waals surface area contributed by atoms with E-state index in [4.69, 9.17) is 0 Å². The van der Waals surface area contributed by atoms with Crippen molar-refractivity contribution in [3.8, 4) is 24.3 Å². The van der Waals surface area contributed by atoms with E-state index < -0.39 is 16.7 Å². The molecule has 0 N–H and O–H groups in total. The van der Waals surface area contributed by atoms with E-state index in [-0.39, 0.29) is 17.8 Å². The van der Waals surface area contributed by atoms with Crippen molar-refractivity contribution in [1.82, 2.24) is 0 Å². The summed E-state index contributed by atoms with van der Waals surface area (Å²) >= 11 is 0. The van der Waals surface area contributed by atoms with Gasteiger partial charge in [-0.15, -0.1) is 0 Å². The van der Waals surface area contributed by atoms with Gasteiger partial charge in [-0.25, -0.2) is 0 Å². The molecule has 0 aliphatic heterocycles. The van der Waals surface area contributed by atoms with Crippen LogP contribution in [0.2, 0.25) is 0 Å². The molecule has 4 unspecified atom stereocenters. The second-order valence-corrected chi connectivity index (χ2v) is 6.59. The van der Waals surface area contributed by atoms with Crippen LogP contribution in [0.4, 0.5) is 0 Å². The van der Waals surface area contributed by atoms with Crippen molar-refractivity contribution in [2.75, 3.05) is 0 Å². The van der Waals surface area contributed by atoms with Crippen LogP contribution in [-0.2, 0) is 0 Å². The van der Waals surface area contributed by atoms with Gasteiger partial charge in [0.2, 0.25) is 0 Å². The molecule has 1 saturated carbocycles. The van der Waals surface area contributed by atoms with E-state index in [9.17, 15) is 21.0 Å². The lowest BCUT2D eigenvalue weighted by Crippen LogP contribution is -2.40. The molecule has 0 spiro atoms. The molecule has 0 bridgehead atoms. The predicted molar refractivity (Wildman–Crippen MR) is 84.8 cm³/mol. The number of nitrogens with zero attached hydrogens (tertiary/aromatic N) is 4. The lowest BCUT2D eigenvalue weighted by atomic mass is 9.61. The number of rotatable bonds is 1. The zero-order valence-electron chi connectivity index (χ0n) is 12.7. The number of nitriles is 4. The molecule has 3 aliphatic rings. The molecule has 1 aromatic carbocycles. The number of benzene rings is 1. The van der Waals surface area contributed by atoms with Gasteiger partial charge >= 0.3 is 0 Å². The van der Waals surface area contributed by atoms with E-state index in [1.165, 1.54) is 0 Å². The summed E-state index contributed by atoms with van der Waals surface area (Å²) in [5.74, 6) is -0.822. The average Bonchev–Trinajstić information content (AvgIpc) is 3.27. The Balaban J connectivity index is 2.01. The van der Waals surface area contributed by atoms with Crippen molar-refractivity contribution in [1.29, 1.82) is 21.0 Å². The molecular formula is C20H12N4. The largest absolute Gasteiger partial charge is 0.196 e. The zero-order valence-corrected chi connectivity index (χ0v) is 12.7. The van der Waals surface area contributed by atoms with Crippen molar-refractivity contribution >= 4 is 5.57 Å². The molecule has 4 rings (SSSR count). The Morgan fingerprint density at radius 3 is 2.00 bits per heavy atom. The molecule has 24 heavy (non-hydrogen) atoms. The normalized spacial score (nSPS) is 32.8. The Labute approximate surface area is 140 Å². The Morgan fingerprint density at radius 2 is 1.42 bits per heavy atom. The summed E-state index contributed by atoms with van der Waals surface area (Å²) < 4.78 is 0. The molecule has 1 fully saturated rings. The van der Waals surface area contributed by atoms with Crippen LogP contribution < -0.4 is 0 Å². The van der Waals surface area contributed by atoms with Gasteiger partial charge in [-0.2, -0.15) is 21.0 Å². The Bertz CT molecular complexity index is 915. The van der Waals surface area contributed by atoms with Crippen LogP contribution in [0, 0.1) is 79.8 Å². The maximum atomic E-state index is 9.93. The molecule has 0 amide bonds. The second-order valence-electron chi connectivity index (χ2n) is 6.59. The predicted octanol–water partition coefficient (Wildman–Crippen LogP) is 3.20. The van der Waals surface area contributed by atoms with Gasteiger partial charge in [0.1, 0.15) is 0 Å². The topological polar surface area (TPSA) is 95.2 Å². The minimum absolute atomic E-state index is 0.0693. The van der Waals surface area contributed by atoms with Gasteiger partial charge in [0.05, 0.1) is 24.3 Å². The van der Waals surface area contributed by atoms with Crippen LogP contribution in [0.15, 0.2) is 48.6 Å². The maximum Gasteiger partial charge on any atom is 0.183 e. The summed E-state index contributed by atoms with van der Waals surface area (Å²) in [4.78, 5) is 0. The van der Waals surface area contributed by atoms with Gasteiger partial charge in [-0.05, 0) is 23.0 Å². The van der Waals surface area contributed by atoms with Gasteiger partial charge < -0.3 is 0 Å². The lowest BCUT2D eigenvalue weighted by molar-refractivity contribution is 0.294. The monoisotopic (exact) mass is 308 g/mol. The van der Waals surface area contributed by atoms with Gasteiger partial charge in [-0.1, -0.05) is 48.6 Å². The highest BCUT2D eigenvalue weighted by molar-refractivity contribution is 5.75. The molecule has 1 aromatic rings. The van der Waals surface area contributed by atoms with Crippen molar-refractivity contribution in [3.63, 3.8) is 0 Å². The first kappa shape index (κ1) is 14.3. The third kappa shape index (κ3) is 1.31. The van der Waals surface area contributed by atoms with E-state index >= 15 is 0 Å². The summed E-state index contributed by atoms with van der Waals surface area (Å²) in [6.45, 7) is 0. The molecule has 0 saturated heterocycles. The molecular weight excluding hydrogens is 296 g/mol. The number of hydrogen-bond donors (Lipinski definition) is 0. The molecule has 4 heteroatoms. The van der Waals surface area contributed by atoms with Gasteiger partial charge in [-0.3, -0.25) is 0 Å². The Hall–Kier alpha value is -3.34. The first-order valence-electron chi connectivity index (χ1n) is 7.79. The van der Waals surface area contributed by atoms with Crippen LogP contribution in [0.5, 0.6) is 0 Å². The second kappa shape index (κ2) is 4.58. The van der Waals surface area contributed by atoms with Crippen LogP contribution in [0.25, 0.3) is 5.57 Å². The third-order valence-electron chi connectivity index (χ3n) is 5.89. The first-order chi connectivity index (χ1) is 11.7. The van der Waals surface area contributed by atoms with Crippen LogP contribution in [-0.4, -0.2) is 0 Å². The van der Waals surface area contributed by atoms with E-state index in [1.54, 1.807) is 0 Å². The molecule has 0 radical (unpaired) electrons. The molecule has 4 nitrogen and oxygen atoms in total. The van der Waals surface area contributed by atoms with E-state index in [1.807, 2.05) is 42.5 Å². The average molecular weight is 308 g/mol. The molecule has 4 atom stereocenters. The van der Waals surface area contributed by atoms with Crippen molar-refractivity contribution in [3.05, 3.63) is 54.1 Å². The molecule has 0 aromatic heterocycles. The zero-order chi connectivity index (χ0) is 16.9. The maximum absolute atomic E-state index is 9.93. The number of hydrogen-bond acceptors (Lipinski definition) is 4. The van der Waals surface area contributed by atoms with Crippen molar-refractivity contribution in [2.24, 2.45) is 34.5 Å². The fourth-order valence-corrected chi connectivity index (χ4v) is 4.92. The summed E-state index contributed by atoms with van der Waals surface area (Å²) in [5, 5.41) is 39.5. The molecule has 0 heterocycles. The van der Waals surface area contributed by atoms with Gasteiger partial charge in [0.15, 0.2) is 10.8 Å². The Kier molecular flexibility index (Phi) is 2.72. The van der Waals surface area contributed by atoms with Crippen molar-refractivity contribution < 1.29 is 0 Å². The Morgan fingerprint density at radius 1 is 0.792 bits per heavy atom. The summed E-state index contributed by atoms with van der Waals surface area (Å²) in [6.07, 6.45) is 5.98. The number of allylic oxidation sites excluding steroid dienone is 4. The fourth-order valence-electron chi connectivity index (χ4n) is 4.92. The van der Waals surface area contributed by atoms with Crippen LogP contribution in [0.1, 0.15) is 5.56 Å². The van der Waals surface area contributed by atoms with E-state index in [2.05, 4.69) is 30.4 Å². The SMILES string of the molecule is N#CC1(C#N)C2C=CC3C=C(c4ccccc4)C(C32)C1(C#N)C#N. The van der Waals surface area contributed by atoms with E-state index in [0.717, 1.165) is 11.1 Å². The van der Waals surface area contributed by atoms with Crippen molar-refractivity contribution in [2.45, 2.75) is 0 Å². The summed E-state index contributed by atoms with van der Waals surface area (Å²) in [5.41, 5.74) is -1.43. The highest BCUT2D eigenvalue weighted by atomic mass is 14.7. The minimum atomic E-state index is -1.66. The molecule has 112 valence electrons. The van der Waals surface area contributed by atoms with Gasteiger partial charge in [0.25, 0.3) is 0 Å². The highest BCUT2D eigenvalue weighted by Gasteiger charge is 2.75. The molecule has 3 aliphatic carbocycles. The van der Waals surface area contributed by atoms with Crippen LogP contribution in [0.3, 0.4) is 0 Å². The summed E-state index contributed by atoms with van der Waals surface area (Å²) in [6, 6.07) is 17.9. The standard InChI is InChI=1S/C20H12N4/c21-9-19(10-22)16-7-6-14-8-15(13-4-2-1-3-5-13)18(17(14)16)20(19,11-23)12-24/h1-8,14,16-18H. The smallest absolute Gasteiger partial charge is 0.183 e. The third-order valence-corrected chi connectivity index (χ3v) is 5.89. The quantitative estimate of drug-likeness (QED) is 0.744. The lowest BCUT2D eigenvalue weighted by Gasteiger charge is -2.30. The minimum Gasteiger partial charge on any atom is -0.196 e.